The van der Waals surface area contributed by atoms with Gasteiger partial charge in [0.1, 0.15) is 24.4 Å². The molecule has 11 heteroatoms. The number of hydrogen-bond donors (Lipinski definition) is 6. The van der Waals surface area contributed by atoms with Crippen molar-refractivity contribution in [3.8, 4) is 0 Å². The average Bonchev–Trinajstić information content (AvgIpc) is 3.41. The molecule has 1 amide bonds. The molecule has 1 aliphatic rings. The Balaban J connectivity index is 2.76. The van der Waals surface area contributed by atoms with Gasteiger partial charge in [-0.1, -0.05) is 221 Å². The summed E-state index contributed by atoms with van der Waals surface area (Å²) in [6.07, 6.45) is 56.1. The predicted octanol–water partition coefficient (Wildman–Crippen LogP) is 14.2. The number of hydrogen-bond acceptors (Lipinski definition) is 10. The van der Waals surface area contributed by atoms with E-state index in [1.165, 1.54) is 96.3 Å². The van der Waals surface area contributed by atoms with Gasteiger partial charge in [0.25, 0.3) is 0 Å². The van der Waals surface area contributed by atoms with Crippen molar-refractivity contribution in [1.82, 2.24) is 5.32 Å². The molecule has 0 spiro atoms. The summed E-state index contributed by atoms with van der Waals surface area (Å²) in [5, 5.41) is 56.9. The minimum atomic E-state index is -1.63. The molecule has 0 aromatic carbocycles. The lowest BCUT2D eigenvalue weighted by Gasteiger charge is -2.41. The lowest BCUT2D eigenvalue weighted by Crippen LogP contribution is -2.61. The van der Waals surface area contributed by atoms with Crippen LogP contribution in [-0.4, -0.2) is 99.6 Å². The number of carbonyl (C=O) groups excluding carboxylic acids is 2. The Morgan fingerprint density at radius 1 is 0.520 bits per heavy atom. The number of allylic oxidation sites excluding steroid dienone is 13. The third kappa shape index (κ3) is 39.8. The number of esters is 1. The normalized spacial score (nSPS) is 19.8. The van der Waals surface area contributed by atoms with E-state index >= 15 is 0 Å². The third-order valence-corrected chi connectivity index (χ3v) is 13.8. The maximum atomic E-state index is 13.4. The molecule has 0 radical (unpaired) electrons. The van der Waals surface area contributed by atoms with E-state index in [2.05, 4.69) is 99.0 Å². The second-order valence-electron chi connectivity index (χ2n) is 20.7. The fourth-order valence-electron chi connectivity index (χ4n) is 8.90. The summed E-state index contributed by atoms with van der Waals surface area (Å²) in [5.41, 5.74) is 0. The molecule has 8 atom stereocenters. The Morgan fingerprint density at radius 2 is 0.920 bits per heavy atom. The molecule has 0 aromatic rings. The molecule has 0 aromatic heterocycles. The zero-order valence-electron chi connectivity index (χ0n) is 47.6. The summed E-state index contributed by atoms with van der Waals surface area (Å²) >= 11 is 0. The zero-order chi connectivity index (χ0) is 54.7. The maximum Gasteiger partial charge on any atom is 0.306 e. The number of amides is 1. The lowest BCUT2D eigenvalue weighted by molar-refractivity contribution is -0.305. The van der Waals surface area contributed by atoms with Gasteiger partial charge in [0.2, 0.25) is 5.91 Å². The van der Waals surface area contributed by atoms with Gasteiger partial charge in [0, 0.05) is 6.42 Å². The standard InChI is InChI=1S/C64H111NO10/c1-4-7-10-13-16-19-22-25-27-29-31-34-37-40-43-46-49-52-59(69)75-62-61(71)60(70)58(53-66)74-64(62)73-54-55(56(67)50-47-44-41-38-35-32-24-21-18-15-12-9-6-3)65-63(72)57(68)51-48-45-42-39-36-33-30-28-26-23-20-17-14-11-8-5-2/h16-17,19-20,25-28,31,33-34,36,47,50,55-58,60-62,64,66-68,70-71H,4-15,18,21-24,29-30,32,35,37-46,48-49,51-54H2,1-3H3,(H,65,72)/b19-16-,20-17-,27-25-,28-26-,34-31-,36-33-,50-47+. The largest absolute Gasteiger partial charge is 0.454 e. The van der Waals surface area contributed by atoms with E-state index in [0.29, 0.717) is 12.8 Å². The lowest BCUT2D eigenvalue weighted by atomic mass is 9.99. The van der Waals surface area contributed by atoms with E-state index in [9.17, 15) is 35.1 Å². The molecule has 432 valence electrons. The molecule has 0 bridgehead atoms. The van der Waals surface area contributed by atoms with Gasteiger partial charge >= 0.3 is 5.97 Å². The van der Waals surface area contributed by atoms with E-state index in [1.807, 2.05) is 6.08 Å². The Kier molecular flexibility index (Phi) is 48.0. The SMILES string of the molecule is CCCCC/C=C\C/C=C\C/C=C\CCCCCCC(=O)OC1C(OCC(NC(=O)C(O)CCCCC/C=C\C/C=C\C/C=C\CCCCC)C(O)/C=C/CCCCCCCCCCCCC)OC(CO)C(O)C1O. The molecular formula is C64H111NO10. The Labute approximate surface area is 457 Å². The van der Waals surface area contributed by atoms with E-state index in [0.717, 1.165) is 103 Å². The highest BCUT2D eigenvalue weighted by Gasteiger charge is 2.47. The molecule has 6 N–H and O–H groups in total. The van der Waals surface area contributed by atoms with Crippen molar-refractivity contribution in [2.24, 2.45) is 0 Å². The summed E-state index contributed by atoms with van der Waals surface area (Å²) in [5.74, 6) is -1.24. The second-order valence-corrected chi connectivity index (χ2v) is 20.7. The highest BCUT2D eigenvalue weighted by Crippen LogP contribution is 2.26. The van der Waals surface area contributed by atoms with E-state index in [4.69, 9.17) is 14.2 Å². The zero-order valence-corrected chi connectivity index (χ0v) is 47.6. The van der Waals surface area contributed by atoms with Crippen molar-refractivity contribution in [2.45, 2.75) is 294 Å². The number of ether oxygens (including phenoxy) is 3. The van der Waals surface area contributed by atoms with Crippen LogP contribution in [-0.2, 0) is 23.8 Å². The third-order valence-electron chi connectivity index (χ3n) is 13.8. The van der Waals surface area contributed by atoms with Crippen molar-refractivity contribution >= 4 is 11.9 Å². The van der Waals surface area contributed by atoms with Crippen LogP contribution in [0.5, 0.6) is 0 Å². The molecule has 1 saturated heterocycles. The first-order chi connectivity index (χ1) is 36.7. The van der Waals surface area contributed by atoms with Crippen LogP contribution in [0.2, 0.25) is 0 Å². The van der Waals surface area contributed by atoms with Crippen molar-refractivity contribution in [2.75, 3.05) is 13.2 Å². The fraction of sp³-hybridized carbons (Fsp3) is 0.750. The minimum Gasteiger partial charge on any atom is -0.454 e. The fourth-order valence-corrected chi connectivity index (χ4v) is 8.90. The van der Waals surface area contributed by atoms with Gasteiger partial charge in [0.15, 0.2) is 12.4 Å². The Morgan fingerprint density at radius 3 is 1.40 bits per heavy atom. The molecule has 1 heterocycles. The first-order valence-corrected chi connectivity index (χ1v) is 30.4. The highest BCUT2D eigenvalue weighted by atomic mass is 16.7. The van der Waals surface area contributed by atoms with Gasteiger partial charge in [-0.15, -0.1) is 0 Å². The number of nitrogens with one attached hydrogen (secondary N) is 1. The molecule has 75 heavy (non-hydrogen) atoms. The van der Waals surface area contributed by atoms with Gasteiger partial charge < -0.3 is 45.1 Å². The molecule has 1 aliphatic heterocycles. The van der Waals surface area contributed by atoms with E-state index < -0.39 is 67.4 Å². The Bertz CT molecular complexity index is 1540. The van der Waals surface area contributed by atoms with Gasteiger partial charge in [-0.25, -0.2) is 0 Å². The van der Waals surface area contributed by atoms with Crippen LogP contribution in [0.3, 0.4) is 0 Å². The predicted molar refractivity (Wildman–Crippen MR) is 310 cm³/mol. The summed E-state index contributed by atoms with van der Waals surface area (Å²) in [6.45, 7) is 5.70. The molecule has 8 unspecified atom stereocenters. The highest BCUT2D eigenvalue weighted by molar-refractivity contribution is 5.80. The van der Waals surface area contributed by atoms with Crippen molar-refractivity contribution in [3.05, 3.63) is 85.1 Å². The minimum absolute atomic E-state index is 0.0915. The van der Waals surface area contributed by atoms with Crippen LogP contribution in [0, 0.1) is 0 Å². The van der Waals surface area contributed by atoms with Gasteiger partial charge in [-0.3, -0.25) is 9.59 Å². The van der Waals surface area contributed by atoms with Crippen LogP contribution in [0.25, 0.3) is 0 Å². The van der Waals surface area contributed by atoms with Gasteiger partial charge in [0.05, 0.1) is 25.4 Å². The van der Waals surface area contributed by atoms with Crippen molar-refractivity contribution in [3.63, 3.8) is 0 Å². The van der Waals surface area contributed by atoms with Gasteiger partial charge in [-0.2, -0.15) is 0 Å². The average molecular weight is 1050 g/mol. The maximum absolute atomic E-state index is 13.4. The van der Waals surface area contributed by atoms with Crippen LogP contribution >= 0.6 is 0 Å². The van der Waals surface area contributed by atoms with Crippen LogP contribution in [0.1, 0.15) is 245 Å². The first-order valence-electron chi connectivity index (χ1n) is 30.4. The molecule has 1 fully saturated rings. The first kappa shape index (κ1) is 69.9. The number of carbonyl (C=O) groups is 2. The number of unbranched alkanes of at least 4 members (excludes halogenated alkanes) is 24. The summed E-state index contributed by atoms with van der Waals surface area (Å²) in [4.78, 5) is 26.5. The number of aliphatic hydroxyl groups is 5. The second kappa shape index (κ2) is 51.6. The smallest absolute Gasteiger partial charge is 0.306 e. The van der Waals surface area contributed by atoms with Gasteiger partial charge in [-0.05, 0) is 103 Å². The summed E-state index contributed by atoms with van der Waals surface area (Å²) in [7, 11) is 0. The summed E-state index contributed by atoms with van der Waals surface area (Å²) < 4.78 is 17.6. The Hall–Kier alpha value is -3.16. The van der Waals surface area contributed by atoms with Crippen molar-refractivity contribution < 1.29 is 49.3 Å². The van der Waals surface area contributed by atoms with Crippen molar-refractivity contribution in [1.29, 1.82) is 0 Å². The molecule has 1 rings (SSSR count). The topological polar surface area (TPSA) is 175 Å². The molecular weight excluding hydrogens is 943 g/mol. The molecule has 0 saturated carbocycles. The van der Waals surface area contributed by atoms with Crippen LogP contribution < -0.4 is 5.32 Å². The van der Waals surface area contributed by atoms with Crippen LogP contribution in [0.15, 0.2) is 85.1 Å². The molecule has 11 nitrogen and oxygen atoms in total. The number of rotatable bonds is 50. The molecule has 0 aliphatic carbocycles. The van der Waals surface area contributed by atoms with Crippen LogP contribution in [0.4, 0.5) is 0 Å². The van der Waals surface area contributed by atoms with E-state index in [1.54, 1.807) is 6.08 Å². The summed E-state index contributed by atoms with van der Waals surface area (Å²) in [6, 6.07) is -1.04. The number of aliphatic hydroxyl groups excluding tert-OH is 5. The monoisotopic (exact) mass is 1050 g/mol. The quantitative estimate of drug-likeness (QED) is 0.0195. The van der Waals surface area contributed by atoms with E-state index in [-0.39, 0.29) is 19.4 Å².